The van der Waals surface area contributed by atoms with Gasteiger partial charge in [0, 0.05) is 25.8 Å². The van der Waals surface area contributed by atoms with Crippen molar-refractivity contribution in [1.82, 2.24) is 9.80 Å². The first-order chi connectivity index (χ1) is 13.3. The van der Waals surface area contributed by atoms with Crippen LogP contribution in [0.1, 0.15) is 29.5 Å². The number of rotatable bonds is 8. The average Bonchev–Trinajstić information content (AvgIpc) is 3.41. The van der Waals surface area contributed by atoms with Gasteiger partial charge in [-0.1, -0.05) is 24.3 Å². The Morgan fingerprint density at radius 3 is 2.48 bits per heavy atom. The van der Waals surface area contributed by atoms with Gasteiger partial charge in [-0.2, -0.15) is 11.3 Å². The molecule has 2 aliphatic rings. The largest absolute Gasteiger partial charge is 0.489 e. The molecule has 3 nitrogen and oxygen atoms in total. The minimum absolute atomic E-state index is 0.656. The lowest BCUT2D eigenvalue weighted by Gasteiger charge is -2.22. The van der Waals surface area contributed by atoms with Crippen molar-refractivity contribution in [2.24, 2.45) is 0 Å². The highest BCUT2D eigenvalue weighted by Crippen LogP contribution is 2.16. The van der Waals surface area contributed by atoms with Crippen LogP contribution in [-0.2, 0) is 24.3 Å². The topological polar surface area (TPSA) is 15.7 Å². The smallest absolute Gasteiger partial charge is 0.119 e. The fourth-order valence-corrected chi connectivity index (χ4v) is 4.27. The number of hydrogen-bond donors (Lipinski definition) is 0. The molecule has 1 fully saturated rings. The summed E-state index contributed by atoms with van der Waals surface area (Å²) >= 11 is 1.71. The first-order valence-electron chi connectivity index (χ1n) is 9.92. The van der Waals surface area contributed by atoms with Gasteiger partial charge in [0.25, 0.3) is 0 Å². The molecule has 27 heavy (non-hydrogen) atoms. The van der Waals surface area contributed by atoms with Crippen molar-refractivity contribution in [1.29, 1.82) is 0 Å². The van der Waals surface area contributed by atoms with Crippen molar-refractivity contribution < 1.29 is 4.74 Å². The number of hydrogen-bond acceptors (Lipinski definition) is 4. The van der Waals surface area contributed by atoms with Gasteiger partial charge in [-0.05, 0) is 78.0 Å². The van der Waals surface area contributed by atoms with Gasteiger partial charge in [-0.15, -0.1) is 0 Å². The number of ether oxygens (including phenoxy) is 1. The van der Waals surface area contributed by atoms with E-state index in [4.69, 9.17) is 4.74 Å². The summed E-state index contributed by atoms with van der Waals surface area (Å²) in [5.41, 5.74) is 4.09. The molecule has 0 spiro atoms. The number of nitrogens with zero attached hydrogens (tertiary/aromatic N) is 2. The molecule has 0 radical (unpaired) electrons. The lowest BCUT2D eigenvalue weighted by molar-refractivity contribution is 0.205. The average molecular weight is 381 g/mol. The zero-order chi connectivity index (χ0) is 18.3. The van der Waals surface area contributed by atoms with Crippen molar-refractivity contribution in [3.05, 3.63) is 81.9 Å². The van der Waals surface area contributed by atoms with E-state index in [0.717, 1.165) is 31.8 Å². The molecule has 2 aromatic rings. The van der Waals surface area contributed by atoms with E-state index in [1.807, 2.05) is 0 Å². The van der Waals surface area contributed by atoms with Crippen LogP contribution in [0.15, 0.2) is 65.2 Å². The van der Waals surface area contributed by atoms with E-state index in [9.17, 15) is 0 Å². The Hall–Kier alpha value is -2.04. The van der Waals surface area contributed by atoms with Gasteiger partial charge in [0.1, 0.15) is 12.4 Å². The highest BCUT2D eigenvalue weighted by Gasteiger charge is 2.11. The second-order valence-electron chi connectivity index (χ2n) is 7.39. The summed E-state index contributed by atoms with van der Waals surface area (Å²) in [6.07, 6.45) is 10.2. The second-order valence-corrected chi connectivity index (χ2v) is 8.17. The molecule has 4 rings (SSSR count). The molecule has 0 amide bonds. The maximum atomic E-state index is 5.86. The van der Waals surface area contributed by atoms with E-state index in [1.165, 1.54) is 42.6 Å². The number of allylic oxidation sites excluding steroid dienone is 1. The lowest BCUT2D eigenvalue weighted by atomic mass is 10.1. The van der Waals surface area contributed by atoms with Gasteiger partial charge in [-0.3, -0.25) is 4.90 Å². The predicted molar refractivity (Wildman–Crippen MR) is 113 cm³/mol. The molecule has 1 aromatic carbocycles. The molecule has 0 atom stereocenters. The molecule has 0 N–H and O–H groups in total. The Bertz CT molecular complexity index is 758. The summed E-state index contributed by atoms with van der Waals surface area (Å²) in [5.74, 6) is 0.976. The van der Waals surface area contributed by atoms with Crippen molar-refractivity contribution in [3.63, 3.8) is 0 Å². The normalized spacial score (nSPS) is 17.3. The second kappa shape index (κ2) is 9.25. The van der Waals surface area contributed by atoms with Crippen LogP contribution < -0.4 is 0 Å². The molecule has 0 aliphatic carbocycles. The third-order valence-corrected chi connectivity index (χ3v) is 6.01. The summed E-state index contributed by atoms with van der Waals surface area (Å²) in [4.78, 5) is 4.90. The summed E-state index contributed by atoms with van der Waals surface area (Å²) in [6.45, 7) is 6.24. The van der Waals surface area contributed by atoms with E-state index in [-0.39, 0.29) is 0 Å². The first kappa shape index (κ1) is 18.3. The van der Waals surface area contributed by atoms with E-state index in [2.05, 4.69) is 69.2 Å². The van der Waals surface area contributed by atoms with E-state index >= 15 is 0 Å². The Balaban J connectivity index is 1.19. The minimum Gasteiger partial charge on any atom is -0.489 e. The van der Waals surface area contributed by atoms with Crippen LogP contribution in [0.4, 0.5) is 0 Å². The molecule has 1 saturated heterocycles. The predicted octanol–water partition coefficient (Wildman–Crippen LogP) is 4.82. The molecular weight excluding hydrogens is 352 g/mol. The SMILES string of the molecule is C1=CN(CCc2ccc(CN3CCCC3)cc2)CC=C1OCc1ccsc1. The van der Waals surface area contributed by atoms with Crippen LogP contribution in [0.5, 0.6) is 0 Å². The van der Waals surface area contributed by atoms with Crippen LogP contribution >= 0.6 is 11.3 Å². The zero-order valence-electron chi connectivity index (χ0n) is 15.8. The molecule has 0 saturated carbocycles. The van der Waals surface area contributed by atoms with Crippen LogP contribution in [-0.4, -0.2) is 36.0 Å². The van der Waals surface area contributed by atoms with Gasteiger partial charge < -0.3 is 9.64 Å². The summed E-state index contributed by atoms with van der Waals surface area (Å²) in [7, 11) is 0. The maximum Gasteiger partial charge on any atom is 0.119 e. The highest BCUT2D eigenvalue weighted by molar-refractivity contribution is 7.07. The molecule has 142 valence electrons. The van der Waals surface area contributed by atoms with Crippen LogP contribution in [0.25, 0.3) is 0 Å². The Labute approximate surface area is 166 Å². The maximum absolute atomic E-state index is 5.86. The summed E-state index contributed by atoms with van der Waals surface area (Å²) in [5, 5.41) is 4.22. The van der Waals surface area contributed by atoms with E-state index < -0.39 is 0 Å². The van der Waals surface area contributed by atoms with Crippen LogP contribution in [0, 0.1) is 0 Å². The van der Waals surface area contributed by atoms with Crippen molar-refractivity contribution in [3.8, 4) is 0 Å². The first-order valence-corrected chi connectivity index (χ1v) is 10.9. The Morgan fingerprint density at radius 1 is 0.963 bits per heavy atom. The Morgan fingerprint density at radius 2 is 1.78 bits per heavy atom. The van der Waals surface area contributed by atoms with Gasteiger partial charge in [0.2, 0.25) is 0 Å². The standard InChI is InChI=1S/C23H28N2OS/c1-2-12-25(11-1)17-21-5-3-20(4-6-21)7-13-24-14-8-23(9-15-24)26-18-22-10-16-27-19-22/h3-6,8-10,14,16,19H,1-2,7,11-13,15,17-18H2. The lowest BCUT2D eigenvalue weighted by Crippen LogP contribution is -2.23. The van der Waals surface area contributed by atoms with Crippen LogP contribution in [0.3, 0.4) is 0 Å². The third kappa shape index (κ3) is 5.47. The van der Waals surface area contributed by atoms with Crippen molar-refractivity contribution in [2.75, 3.05) is 26.2 Å². The molecule has 3 heterocycles. The molecule has 4 heteroatoms. The van der Waals surface area contributed by atoms with Gasteiger partial charge in [0.15, 0.2) is 0 Å². The molecular formula is C23H28N2OS. The summed E-state index contributed by atoms with van der Waals surface area (Å²) < 4.78 is 5.86. The van der Waals surface area contributed by atoms with Gasteiger partial charge >= 0.3 is 0 Å². The van der Waals surface area contributed by atoms with Crippen molar-refractivity contribution in [2.45, 2.75) is 32.4 Å². The fourth-order valence-electron chi connectivity index (χ4n) is 3.61. The summed E-state index contributed by atoms with van der Waals surface area (Å²) in [6, 6.07) is 11.3. The number of likely N-dealkylation sites (tertiary alicyclic amines) is 1. The fraction of sp³-hybridized carbons (Fsp3) is 0.391. The molecule has 0 bridgehead atoms. The number of thiophene rings is 1. The molecule has 0 unspecified atom stereocenters. The van der Waals surface area contributed by atoms with Crippen molar-refractivity contribution >= 4 is 11.3 Å². The van der Waals surface area contributed by atoms with Crippen LogP contribution in [0.2, 0.25) is 0 Å². The van der Waals surface area contributed by atoms with E-state index in [1.54, 1.807) is 11.3 Å². The van der Waals surface area contributed by atoms with Gasteiger partial charge in [-0.25, -0.2) is 0 Å². The third-order valence-electron chi connectivity index (χ3n) is 5.28. The highest BCUT2D eigenvalue weighted by atomic mass is 32.1. The van der Waals surface area contributed by atoms with Gasteiger partial charge in [0.05, 0.1) is 0 Å². The zero-order valence-corrected chi connectivity index (χ0v) is 16.7. The quantitative estimate of drug-likeness (QED) is 0.653. The molecule has 2 aliphatic heterocycles. The minimum atomic E-state index is 0.656. The number of benzene rings is 1. The monoisotopic (exact) mass is 380 g/mol. The van der Waals surface area contributed by atoms with E-state index in [0.29, 0.717) is 6.61 Å². The Kier molecular flexibility index (Phi) is 6.28. The molecule has 1 aromatic heterocycles.